The summed E-state index contributed by atoms with van der Waals surface area (Å²) in [7, 11) is -3.23. The third-order valence-electron chi connectivity index (χ3n) is 4.68. The molecule has 2 nitrogen and oxygen atoms in total. The summed E-state index contributed by atoms with van der Waals surface area (Å²) < 4.78 is 25.5. The third-order valence-corrected chi connectivity index (χ3v) is 6.93. The zero-order valence-electron chi connectivity index (χ0n) is 12.9. The minimum Gasteiger partial charge on any atom is -0.223 e. The molecule has 116 valence electrons. The standard InChI is InChI=1S/C20H18O2S/c1-14-6-10-18(11-7-14)23(21,22)20-13-19(20)17-9-8-15-4-2-3-5-16(15)12-17/h2-12,19-20H,13H2,1H3/t19-,20+/m0/s1. The van der Waals surface area contributed by atoms with Crippen LogP contribution in [0.4, 0.5) is 0 Å². The van der Waals surface area contributed by atoms with Crippen molar-refractivity contribution >= 4 is 20.6 Å². The van der Waals surface area contributed by atoms with E-state index < -0.39 is 9.84 Å². The van der Waals surface area contributed by atoms with E-state index in [1.807, 2.05) is 31.2 Å². The fourth-order valence-corrected chi connectivity index (χ4v) is 5.12. The molecule has 1 aliphatic rings. The van der Waals surface area contributed by atoms with E-state index in [2.05, 4.69) is 30.3 Å². The minimum atomic E-state index is -3.23. The van der Waals surface area contributed by atoms with Crippen LogP contribution in [0, 0.1) is 6.92 Å². The molecule has 0 aliphatic heterocycles. The highest BCUT2D eigenvalue weighted by Crippen LogP contribution is 2.48. The van der Waals surface area contributed by atoms with Crippen molar-refractivity contribution in [1.29, 1.82) is 0 Å². The molecule has 0 amide bonds. The average Bonchev–Trinajstić information content (AvgIpc) is 3.36. The van der Waals surface area contributed by atoms with Crippen LogP contribution in [0.3, 0.4) is 0 Å². The van der Waals surface area contributed by atoms with E-state index in [1.54, 1.807) is 12.1 Å². The van der Waals surface area contributed by atoms with Gasteiger partial charge in [-0.05, 0) is 41.8 Å². The maximum atomic E-state index is 12.8. The van der Waals surface area contributed by atoms with Gasteiger partial charge in [-0.3, -0.25) is 0 Å². The van der Waals surface area contributed by atoms with Gasteiger partial charge in [0.2, 0.25) is 0 Å². The molecule has 3 aromatic rings. The molecule has 0 unspecified atom stereocenters. The van der Waals surface area contributed by atoms with Gasteiger partial charge in [-0.25, -0.2) is 8.42 Å². The van der Waals surface area contributed by atoms with E-state index in [0.717, 1.165) is 11.1 Å². The molecule has 3 aromatic carbocycles. The highest BCUT2D eigenvalue weighted by atomic mass is 32.2. The van der Waals surface area contributed by atoms with Gasteiger partial charge in [0.1, 0.15) is 0 Å². The summed E-state index contributed by atoms with van der Waals surface area (Å²) in [6.45, 7) is 1.96. The molecule has 1 saturated carbocycles. The first-order chi connectivity index (χ1) is 11.1. The largest absolute Gasteiger partial charge is 0.223 e. The number of aryl methyl sites for hydroxylation is 1. The van der Waals surface area contributed by atoms with Gasteiger partial charge in [-0.2, -0.15) is 0 Å². The van der Waals surface area contributed by atoms with Crippen LogP contribution in [-0.2, 0) is 9.84 Å². The summed E-state index contributed by atoms with van der Waals surface area (Å²) in [5.74, 6) is 0.117. The molecule has 3 heteroatoms. The molecule has 0 spiro atoms. The van der Waals surface area contributed by atoms with E-state index in [0.29, 0.717) is 11.3 Å². The van der Waals surface area contributed by atoms with Crippen molar-refractivity contribution in [1.82, 2.24) is 0 Å². The van der Waals surface area contributed by atoms with Gasteiger partial charge < -0.3 is 0 Å². The molecule has 4 rings (SSSR count). The summed E-state index contributed by atoms with van der Waals surface area (Å²) in [5, 5.41) is 2.07. The third kappa shape index (κ3) is 2.55. The molecule has 0 N–H and O–H groups in total. The molecular weight excluding hydrogens is 304 g/mol. The zero-order valence-corrected chi connectivity index (χ0v) is 13.8. The van der Waals surface area contributed by atoms with Gasteiger partial charge in [0, 0.05) is 5.92 Å². The van der Waals surface area contributed by atoms with E-state index in [1.165, 1.54) is 10.8 Å². The molecule has 1 fully saturated rings. The maximum absolute atomic E-state index is 12.8. The maximum Gasteiger partial charge on any atom is 0.181 e. The Balaban J connectivity index is 1.64. The van der Waals surface area contributed by atoms with Gasteiger partial charge in [0.15, 0.2) is 9.84 Å². The van der Waals surface area contributed by atoms with Gasteiger partial charge >= 0.3 is 0 Å². The Morgan fingerprint density at radius 1 is 0.870 bits per heavy atom. The highest BCUT2D eigenvalue weighted by molar-refractivity contribution is 7.92. The molecule has 0 aromatic heterocycles. The first-order valence-corrected chi connectivity index (χ1v) is 9.39. The first kappa shape index (κ1) is 14.5. The van der Waals surface area contributed by atoms with Gasteiger partial charge in [-0.15, -0.1) is 0 Å². The second-order valence-electron chi connectivity index (χ2n) is 6.35. The van der Waals surface area contributed by atoms with Crippen molar-refractivity contribution in [3.05, 3.63) is 77.9 Å². The first-order valence-electron chi connectivity index (χ1n) is 7.85. The van der Waals surface area contributed by atoms with Gasteiger partial charge in [0.25, 0.3) is 0 Å². The van der Waals surface area contributed by atoms with Crippen molar-refractivity contribution < 1.29 is 8.42 Å². The molecule has 23 heavy (non-hydrogen) atoms. The lowest BCUT2D eigenvalue weighted by atomic mass is 10.0. The van der Waals surface area contributed by atoms with Crippen molar-refractivity contribution in [3.8, 4) is 0 Å². The van der Waals surface area contributed by atoms with E-state index >= 15 is 0 Å². The lowest BCUT2D eigenvalue weighted by Crippen LogP contribution is -2.09. The van der Waals surface area contributed by atoms with Crippen LogP contribution in [0.1, 0.15) is 23.5 Å². The number of hydrogen-bond acceptors (Lipinski definition) is 2. The van der Waals surface area contributed by atoms with Crippen LogP contribution in [0.2, 0.25) is 0 Å². The zero-order chi connectivity index (χ0) is 16.0. The van der Waals surface area contributed by atoms with Crippen molar-refractivity contribution in [2.24, 2.45) is 0 Å². The van der Waals surface area contributed by atoms with Crippen molar-refractivity contribution in [2.45, 2.75) is 29.4 Å². The second-order valence-corrected chi connectivity index (χ2v) is 8.51. The van der Waals surface area contributed by atoms with E-state index in [-0.39, 0.29) is 11.2 Å². The highest BCUT2D eigenvalue weighted by Gasteiger charge is 2.48. The number of rotatable bonds is 3. The number of fused-ring (bicyclic) bond motifs is 1. The fraction of sp³-hybridized carbons (Fsp3) is 0.200. The minimum absolute atomic E-state index is 0.117. The topological polar surface area (TPSA) is 34.1 Å². The quantitative estimate of drug-likeness (QED) is 0.712. The fourth-order valence-electron chi connectivity index (χ4n) is 3.21. The average molecular weight is 322 g/mol. The number of hydrogen-bond donors (Lipinski definition) is 0. The van der Waals surface area contributed by atoms with E-state index in [4.69, 9.17) is 0 Å². The molecule has 0 saturated heterocycles. The van der Waals surface area contributed by atoms with Crippen molar-refractivity contribution in [2.75, 3.05) is 0 Å². The van der Waals surface area contributed by atoms with Crippen LogP contribution >= 0.6 is 0 Å². The van der Waals surface area contributed by atoms with Gasteiger partial charge in [0.05, 0.1) is 10.1 Å². The summed E-state index contributed by atoms with van der Waals surface area (Å²) in [6, 6.07) is 21.6. The Morgan fingerprint density at radius 2 is 1.57 bits per heavy atom. The Hall–Kier alpha value is -2.13. The Labute approximate surface area is 136 Å². The lowest BCUT2D eigenvalue weighted by molar-refractivity contribution is 0.594. The van der Waals surface area contributed by atoms with Crippen molar-refractivity contribution in [3.63, 3.8) is 0 Å². The Bertz CT molecular complexity index is 972. The normalized spacial score (nSPS) is 20.6. The van der Waals surface area contributed by atoms with E-state index in [9.17, 15) is 8.42 Å². The smallest absolute Gasteiger partial charge is 0.181 e. The summed E-state index contributed by atoms with van der Waals surface area (Å²) in [4.78, 5) is 0.441. The number of sulfone groups is 1. The van der Waals surface area contributed by atoms with Crippen LogP contribution in [0.5, 0.6) is 0 Å². The molecule has 1 aliphatic carbocycles. The molecule has 0 bridgehead atoms. The second kappa shape index (κ2) is 5.20. The van der Waals surface area contributed by atoms with Gasteiger partial charge in [-0.1, -0.05) is 60.2 Å². The van der Waals surface area contributed by atoms with Crippen LogP contribution in [0.15, 0.2) is 71.6 Å². The lowest BCUT2D eigenvalue weighted by Gasteiger charge is -2.06. The Morgan fingerprint density at radius 3 is 2.30 bits per heavy atom. The van der Waals surface area contributed by atoms with Crippen LogP contribution < -0.4 is 0 Å². The summed E-state index contributed by atoms with van der Waals surface area (Å²) >= 11 is 0. The van der Waals surface area contributed by atoms with Crippen LogP contribution in [-0.4, -0.2) is 13.7 Å². The predicted octanol–water partition coefficient (Wildman–Crippen LogP) is 4.48. The molecule has 0 radical (unpaired) electrons. The molecule has 2 atom stereocenters. The molecular formula is C20H18O2S. The summed E-state index contributed by atoms with van der Waals surface area (Å²) in [6.07, 6.45) is 0.717. The Kier molecular flexibility index (Phi) is 3.27. The number of benzene rings is 3. The predicted molar refractivity (Wildman–Crippen MR) is 93.5 cm³/mol. The SMILES string of the molecule is Cc1ccc(S(=O)(=O)[C@@H]2C[C@H]2c2ccc3ccccc3c2)cc1. The summed E-state index contributed by atoms with van der Waals surface area (Å²) in [5.41, 5.74) is 2.20. The monoisotopic (exact) mass is 322 g/mol. The van der Waals surface area contributed by atoms with Crippen LogP contribution in [0.25, 0.3) is 10.8 Å². The molecule has 0 heterocycles.